The van der Waals surface area contributed by atoms with Crippen LogP contribution in [-0.4, -0.2) is 56.0 Å². The average Bonchev–Trinajstić information content (AvgIpc) is 2.82. The van der Waals surface area contributed by atoms with Crippen LogP contribution in [0.15, 0.2) is 41.4 Å². The summed E-state index contributed by atoms with van der Waals surface area (Å²) in [6.45, 7) is 11.9. The number of aliphatic hydroxyl groups excluding tert-OH is 2. The van der Waals surface area contributed by atoms with Crippen LogP contribution in [0.4, 0.5) is 0 Å². The van der Waals surface area contributed by atoms with Gasteiger partial charge in [0.25, 0.3) is 0 Å². The van der Waals surface area contributed by atoms with Crippen LogP contribution < -0.4 is 0 Å². The topological polar surface area (TPSA) is 158 Å². The molecule has 0 saturated heterocycles. The number of carbonyl (C=O) groups is 4. The summed E-state index contributed by atoms with van der Waals surface area (Å²) in [6, 6.07) is 1.69. The second-order valence-corrected chi connectivity index (χ2v) is 12.1. The number of hydrogen-bond donors (Lipinski definition) is 4. The monoisotopic (exact) mass is 552 g/mol. The van der Waals surface area contributed by atoms with Gasteiger partial charge in [0.1, 0.15) is 22.8 Å². The molecule has 4 rings (SSSR count). The third kappa shape index (κ3) is 4.10. The third-order valence-corrected chi connectivity index (χ3v) is 8.67. The van der Waals surface area contributed by atoms with E-state index in [4.69, 9.17) is 4.74 Å². The van der Waals surface area contributed by atoms with E-state index in [1.165, 1.54) is 6.92 Å². The van der Waals surface area contributed by atoms with Crippen LogP contribution in [0, 0.1) is 10.8 Å². The van der Waals surface area contributed by atoms with Crippen molar-refractivity contribution in [1.29, 1.82) is 0 Å². The van der Waals surface area contributed by atoms with Gasteiger partial charge in [0.05, 0.1) is 18.6 Å². The maximum absolute atomic E-state index is 14.2. The van der Waals surface area contributed by atoms with Gasteiger partial charge in [0, 0.05) is 28.4 Å². The summed E-state index contributed by atoms with van der Waals surface area (Å²) in [5, 5.41) is 45.2. The van der Waals surface area contributed by atoms with Crippen LogP contribution in [0.25, 0.3) is 0 Å². The molecule has 0 radical (unpaired) electrons. The number of benzene rings is 1. The smallest absolute Gasteiger partial charge is 0.310 e. The van der Waals surface area contributed by atoms with E-state index in [2.05, 4.69) is 6.58 Å². The van der Waals surface area contributed by atoms with Crippen molar-refractivity contribution in [3.05, 3.63) is 63.6 Å². The summed E-state index contributed by atoms with van der Waals surface area (Å²) in [7, 11) is 0. The lowest BCUT2D eigenvalue weighted by Crippen LogP contribution is -2.63. The zero-order valence-corrected chi connectivity index (χ0v) is 23.5. The molecule has 0 heterocycles. The maximum Gasteiger partial charge on any atom is 0.310 e. The van der Waals surface area contributed by atoms with Gasteiger partial charge in [0.2, 0.25) is 5.78 Å². The van der Waals surface area contributed by atoms with E-state index in [-0.39, 0.29) is 54.9 Å². The molecule has 0 saturated carbocycles. The Morgan fingerprint density at radius 2 is 1.80 bits per heavy atom. The van der Waals surface area contributed by atoms with Gasteiger partial charge in [-0.2, -0.15) is 0 Å². The molecule has 3 aliphatic carbocycles. The van der Waals surface area contributed by atoms with Crippen LogP contribution >= 0.6 is 0 Å². The minimum Gasteiger partial charge on any atom is -0.511 e. The van der Waals surface area contributed by atoms with Crippen molar-refractivity contribution >= 4 is 23.3 Å². The predicted octanol–water partition coefficient (Wildman–Crippen LogP) is 4.25. The van der Waals surface area contributed by atoms with Crippen molar-refractivity contribution in [2.45, 2.75) is 78.2 Å². The molecule has 9 heteroatoms. The van der Waals surface area contributed by atoms with Crippen molar-refractivity contribution in [2.75, 3.05) is 6.61 Å². The van der Waals surface area contributed by atoms with E-state index >= 15 is 0 Å². The number of ketones is 3. The Balaban J connectivity index is 1.92. The molecule has 0 aliphatic heterocycles. The van der Waals surface area contributed by atoms with Gasteiger partial charge in [-0.25, -0.2) is 0 Å². The molecule has 3 unspecified atom stereocenters. The lowest BCUT2D eigenvalue weighted by atomic mass is 9.48. The van der Waals surface area contributed by atoms with Gasteiger partial charge >= 0.3 is 5.97 Å². The number of phenols is 1. The van der Waals surface area contributed by atoms with E-state index in [1.807, 2.05) is 13.8 Å². The highest BCUT2D eigenvalue weighted by molar-refractivity contribution is 6.25. The molecule has 0 bridgehead atoms. The molecule has 3 aliphatic rings. The van der Waals surface area contributed by atoms with E-state index in [9.17, 15) is 39.6 Å². The van der Waals surface area contributed by atoms with Crippen molar-refractivity contribution in [3.63, 3.8) is 0 Å². The second-order valence-electron chi connectivity index (χ2n) is 12.1. The number of carbonyl (C=O) groups excluding carboxylic acids is 4. The van der Waals surface area contributed by atoms with Gasteiger partial charge < -0.3 is 25.2 Å². The molecule has 3 atom stereocenters. The molecule has 0 aromatic heterocycles. The van der Waals surface area contributed by atoms with Crippen molar-refractivity contribution < 1.29 is 44.3 Å². The maximum atomic E-state index is 14.2. The Labute approximate surface area is 232 Å². The quantitative estimate of drug-likeness (QED) is 0.168. The van der Waals surface area contributed by atoms with E-state index in [0.717, 1.165) is 12.5 Å². The van der Waals surface area contributed by atoms with Gasteiger partial charge in [-0.15, -0.1) is 6.58 Å². The molecule has 9 nitrogen and oxygen atoms in total. The van der Waals surface area contributed by atoms with E-state index < -0.39 is 62.6 Å². The zero-order valence-electron chi connectivity index (χ0n) is 23.5. The fourth-order valence-corrected chi connectivity index (χ4v) is 6.92. The van der Waals surface area contributed by atoms with Crippen LogP contribution in [0.3, 0.4) is 0 Å². The van der Waals surface area contributed by atoms with Crippen LogP contribution in [-0.2, 0) is 32.0 Å². The van der Waals surface area contributed by atoms with E-state index in [1.54, 1.807) is 19.1 Å². The van der Waals surface area contributed by atoms with Crippen molar-refractivity contribution in [1.82, 2.24) is 0 Å². The summed E-state index contributed by atoms with van der Waals surface area (Å²) in [5.41, 5.74) is -4.60. The lowest BCUT2D eigenvalue weighted by molar-refractivity contribution is -0.159. The summed E-state index contributed by atoms with van der Waals surface area (Å²) in [6.07, 6.45) is 1.72. The third-order valence-electron chi connectivity index (χ3n) is 8.67. The Morgan fingerprint density at radius 3 is 2.38 bits per heavy atom. The van der Waals surface area contributed by atoms with Gasteiger partial charge in [0.15, 0.2) is 17.2 Å². The highest BCUT2D eigenvalue weighted by Crippen LogP contribution is 2.62. The molecule has 40 heavy (non-hydrogen) atoms. The molecule has 1 aromatic rings. The first-order valence-electron chi connectivity index (χ1n) is 13.4. The van der Waals surface area contributed by atoms with Crippen molar-refractivity contribution in [3.8, 4) is 5.75 Å². The number of phenolic OH excluding ortho intramolecular Hbond substituents is 1. The number of Topliss-reactive ketones (excluding diaryl/α,β-unsaturated/α-hetero) is 3. The number of esters is 1. The molecule has 1 aromatic carbocycles. The number of allylic oxidation sites excluding steroid dienone is 2. The Kier molecular flexibility index (Phi) is 7.12. The number of aliphatic hydroxyl groups is 3. The Bertz CT molecular complexity index is 1430. The molecule has 4 N–H and O–H groups in total. The lowest BCUT2D eigenvalue weighted by Gasteiger charge is -2.56. The number of aromatic hydroxyl groups is 1. The van der Waals surface area contributed by atoms with Gasteiger partial charge in [-0.1, -0.05) is 39.8 Å². The molecule has 0 fully saturated rings. The summed E-state index contributed by atoms with van der Waals surface area (Å²) >= 11 is 0. The van der Waals surface area contributed by atoms with Gasteiger partial charge in [-0.05, 0) is 43.2 Å². The predicted molar refractivity (Wildman–Crippen MR) is 145 cm³/mol. The molecule has 214 valence electrons. The standard InChI is InChI=1S/C31H36O9/c1-7-8-9-40-21(34)11-17-10-18(15(2)3)19-12-29(5)14-30(6)13-20(33)22(16(4)32)27(37)31(30,39)28(38)24(29)26(36)23(19)25(17)35/h7,10,15,33,35,38-39H,1,8-9,11-14H2,2-6H3. The minimum atomic E-state index is -2.63. The molecular formula is C31H36O9. The fourth-order valence-electron chi connectivity index (χ4n) is 6.92. The first-order valence-corrected chi connectivity index (χ1v) is 13.4. The number of rotatable bonds is 7. The normalized spacial score (nSPS) is 27.8. The molecule has 0 spiro atoms. The van der Waals surface area contributed by atoms with Crippen molar-refractivity contribution in [2.24, 2.45) is 10.8 Å². The van der Waals surface area contributed by atoms with Crippen LogP contribution in [0.5, 0.6) is 5.75 Å². The first kappa shape index (κ1) is 29.3. The van der Waals surface area contributed by atoms with Crippen LogP contribution in [0.2, 0.25) is 0 Å². The highest BCUT2D eigenvalue weighted by atomic mass is 16.5. The zero-order chi connectivity index (χ0) is 29.9. The largest absolute Gasteiger partial charge is 0.511 e. The van der Waals surface area contributed by atoms with Crippen LogP contribution in [0.1, 0.15) is 86.8 Å². The SMILES string of the molecule is C=CCCOC(=O)Cc1cc(C(C)C)c2c(c1O)C(=O)C1=C(O)C3(O)C(=O)C(C(C)=O)=C(O)CC3(C)CC1(C)C2. The molecular weight excluding hydrogens is 516 g/mol. The summed E-state index contributed by atoms with van der Waals surface area (Å²) < 4.78 is 5.19. The number of hydrogen-bond acceptors (Lipinski definition) is 9. The second kappa shape index (κ2) is 9.73. The first-order chi connectivity index (χ1) is 18.5. The summed E-state index contributed by atoms with van der Waals surface area (Å²) in [5.74, 6) is -5.17. The Hall–Kier alpha value is -3.72. The summed E-state index contributed by atoms with van der Waals surface area (Å²) in [4.78, 5) is 52.3. The average molecular weight is 553 g/mol. The number of ether oxygens (including phenoxy) is 1. The minimum absolute atomic E-state index is 0.0255. The highest BCUT2D eigenvalue weighted by Gasteiger charge is 2.67. The van der Waals surface area contributed by atoms with Gasteiger partial charge in [-0.3, -0.25) is 19.2 Å². The fraction of sp³-hybridized carbons (Fsp3) is 0.484. The molecule has 0 amide bonds. The number of fused-ring (bicyclic) bond motifs is 3. The van der Waals surface area contributed by atoms with E-state index in [0.29, 0.717) is 12.0 Å². The Morgan fingerprint density at radius 1 is 1.15 bits per heavy atom.